The predicted molar refractivity (Wildman–Crippen MR) is 134 cm³/mol. The Hall–Kier alpha value is -2.39. The van der Waals surface area contributed by atoms with E-state index in [9.17, 15) is 4.79 Å². The van der Waals surface area contributed by atoms with E-state index in [1.54, 1.807) is 60.3 Å². The number of nitrogens with one attached hydrogen (secondary N) is 1. The van der Waals surface area contributed by atoms with Gasteiger partial charge < -0.3 is 19.7 Å². The van der Waals surface area contributed by atoms with Crippen LogP contribution in [-0.2, 0) is 9.53 Å². The quantitative estimate of drug-likeness (QED) is 0.606. The van der Waals surface area contributed by atoms with E-state index < -0.39 is 0 Å². The molecule has 0 saturated carbocycles. The molecule has 2 aromatic rings. The van der Waals surface area contributed by atoms with Crippen molar-refractivity contribution in [2.75, 3.05) is 37.4 Å². The molecule has 0 aliphatic carbocycles. The van der Waals surface area contributed by atoms with Crippen molar-refractivity contribution in [3.05, 3.63) is 76.1 Å². The minimum Gasteiger partial charge on any atom is -0.457 e. The van der Waals surface area contributed by atoms with Gasteiger partial charge in [-0.1, -0.05) is 47.8 Å². The molecule has 1 saturated heterocycles. The second-order valence-corrected chi connectivity index (χ2v) is 9.44. The van der Waals surface area contributed by atoms with Gasteiger partial charge in [0.2, 0.25) is 0 Å². The van der Waals surface area contributed by atoms with E-state index in [0.717, 1.165) is 18.3 Å². The monoisotopic (exact) mass is 487 g/mol. The van der Waals surface area contributed by atoms with Crippen molar-refractivity contribution in [3.63, 3.8) is 0 Å². The van der Waals surface area contributed by atoms with E-state index in [2.05, 4.69) is 21.8 Å². The molecule has 0 aromatic heterocycles. The van der Waals surface area contributed by atoms with Gasteiger partial charge in [0.15, 0.2) is 5.17 Å². The first-order chi connectivity index (χ1) is 15.6. The fourth-order valence-corrected chi connectivity index (χ4v) is 4.94. The van der Waals surface area contributed by atoms with Crippen LogP contribution in [-0.4, -0.2) is 48.0 Å². The largest absolute Gasteiger partial charge is 0.457 e. The first kappa shape index (κ1) is 22.8. The Morgan fingerprint density at radius 1 is 1.09 bits per heavy atom. The number of morpholine rings is 1. The van der Waals surface area contributed by atoms with E-state index in [-0.39, 0.29) is 5.91 Å². The maximum Gasteiger partial charge on any atom is 0.262 e. The number of carbonyl (C=O) groups excluding carboxylic acids is 1. The highest BCUT2D eigenvalue weighted by atomic mass is 35.5. The average Bonchev–Trinajstić information content (AvgIpc) is 2.79. The van der Waals surface area contributed by atoms with Gasteiger partial charge in [-0.25, -0.2) is 4.99 Å². The van der Waals surface area contributed by atoms with E-state index >= 15 is 0 Å². The second kappa shape index (κ2) is 11.0. The molecule has 2 aliphatic heterocycles. The Morgan fingerprint density at radius 2 is 1.75 bits per heavy atom. The number of amidine groups is 1. The number of benzene rings is 2. The van der Waals surface area contributed by atoms with E-state index in [1.807, 2.05) is 6.08 Å². The average molecular weight is 488 g/mol. The highest BCUT2D eigenvalue weighted by Gasteiger charge is 2.20. The zero-order valence-electron chi connectivity index (χ0n) is 17.3. The van der Waals surface area contributed by atoms with Crippen molar-refractivity contribution in [2.45, 2.75) is 0 Å². The third-order valence-corrected chi connectivity index (χ3v) is 6.69. The van der Waals surface area contributed by atoms with Crippen molar-refractivity contribution < 1.29 is 14.3 Å². The molecule has 32 heavy (non-hydrogen) atoms. The number of ether oxygens (including phenoxy) is 2. The Bertz CT molecular complexity index is 1030. The fraction of sp³-hybridized carbons (Fsp3) is 0.217. The summed E-state index contributed by atoms with van der Waals surface area (Å²) in [5, 5.41) is 5.10. The number of amides is 1. The summed E-state index contributed by atoms with van der Waals surface area (Å²) in [5.74, 6) is 1.83. The lowest BCUT2D eigenvalue weighted by atomic mass is 10.3. The SMILES string of the molecule is C=C1/N=C(/N2CCOCC2)SC/C=C(/C(=O)Nc2ccc(Oc3ccc(Cl)cc3)cc2)S1. The molecular weight excluding hydrogens is 466 g/mol. The molecule has 0 unspecified atom stereocenters. The van der Waals surface area contributed by atoms with Crippen LogP contribution in [0.1, 0.15) is 0 Å². The molecule has 0 radical (unpaired) electrons. The summed E-state index contributed by atoms with van der Waals surface area (Å²) in [6.07, 6.45) is 1.92. The third-order valence-electron chi connectivity index (χ3n) is 4.60. The predicted octanol–water partition coefficient (Wildman–Crippen LogP) is 5.59. The number of halogens is 1. The van der Waals surface area contributed by atoms with Crippen molar-refractivity contribution >= 4 is 51.9 Å². The number of hydrogen-bond acceptors (Lipinski definition) is 7. The van der Waals surface area contributed by atoms with Gasteiger partial charge in [-0.05, 0) is 48.5 Å². The summed E-state index contributed by atoms with van der Waals surface area (Å²) in [5.41, 5.74) is 0.679. The molecule has 0 spiro atoms. The Kier molecular flexibility index (Phi) is 7.81. The van der Waals surface area contributed by atoms with Crippen LogP contribution in [0.15, 0.2) is 76.1 Å². The molecule has 2 aromatic carbocycles. The normalized spacial score (nSPS) is 20.3. The topological polar surface area (TPSA) is 63.2 Å². The molecule has 2 aliphatic rings. The summed E-state index contributed by atoms with van der Waals surface area (Å²) < 4.78 is 11.2. The molecule has 0 atom stereocenters. The Labute approximate surface area is 200 Å². The van der Waals surface area contributed by atoms with E-state index in [0.29, 0.717) is 51.1 Å². The second-order valence-electron chi connectivity index (χ2n) is 6.90. The highest BCUT2D eigenvalue weighted by molar-refractivity contribution is 8.14. The summed E-state index contributed by atoms with van der Waals surface area (Å²) in [4.78, 5) is 20.2. The first-order valence-electron chi connectivity index (χ1n) is 10.0. The lowest BCUT2D eigenvalue weighted by Crippen LogP contribution is -2.39. The Morgan fingerprint density at radius 3 is 2.44 bits per heavy atom. The van der Waals surface area contributed by atoms with Gasteiger partial charge in [0.25, 0.3) is 5.91 Å². The van der Waals surface area contributed by atoms with Crippen LogP contribution in [0.4, 0.5) is 5.69 Å². The molecule has 2 heterocycles. The van der Waals surface area contributed by atoms with Crippen LogP contribution < -0.4 is 10.1 Å². The van der Waals surface area contributed by atoms with Crippen LogP contribution in [0.25, 0.3) is 0 Å². The molecule has 166 valence electrons. The first-order valence-corrected chi connectivity index (χ1v) is 12.2. The number of rotatable bonds is 4. The highest BCUT2D eigenvalue weighted by Crippen LogP contribution is 2.31. The lowest BCUT2D eigenvalue weighted by Gasteiger charge is -2.29. The summed E-state index contributed by atoms with van der Waals surface area (Å²) in [6.45, 7) is 7.05. The van der Waals surface area contributed by atoms with Crippen molar-refractivity contribution in [2.24, 2.45) is 4.99 Å². The number of hydrogen-bond donors (Lipinski definition) is 1. The fourth-order valence-electron chi connectivity index (χ4n) is 3.02. The molecule has 0 bridgehead atoms. The zero-order chi connectivity index (χ0) is 22.3. The lowest BCUT2D eigenvalue weighted by molar-refractivity contribution is -0.112. The van der Waals surface area contributed by atoms with Crippen LogP contribution in [0.5, 0.6) is 11.5 Å². The minimum absolute atomic E-state index is 0.187. The molecular formula is C23H22ClN3O3S2. The zero-order valence-corrected chi connectivity index (χ0v) is 19.6. The smallest absolute Gasteiger partial charge is 0.262 e. The molecule has 1 amide bonds. The van der Waals surface area contributed by atoms with Crippen molar-refractivity contribution in [1.82, 2.24) is 4.90 Å². The number of thioether (sulfide) groups is 2. The van der Waals surface area contributed by atoms with Gasteiger partial charge in [-0.2, -0.15) is 0 Å². The molecule has 1 N–H and O–H groups in total. The summed E-state index contributed by atoms with van der Waals surface area (Å²) in [6, 6.07) is 14.3. The van der Waals surface area contributed by atoms with Crippen LogP contribution in [0.2, 0.25) is 5.02 Å². The molecule has 6 nitrogen and oxygen atoms in total. The van der Waals surface area contributed by atoms with Crippen LogP contribution in [0.3, 0.4) is 0 Å². The molecule has 9 heteroatoms. The maximum atomic E-state index is 12.8. The van der Waals surface area contributed by atoms with E-state index in [4.69, 9.17) is 21.1 Å². The van der Waals surface area contributed by atoms with Gasteiger partial charge in [-0.3, -0.25) is 4.79 Å². The summed E-state index contributed by atoms with van der Waals surface area (Å²) >= 11 is 8.78. The van der Waals surface area contributed by atoms with Crippen molar-refractivity contribution in [1.29, 1.82) is 0 Å². The van der Waals surface area contributed by atoms with Gasteiger partial charge in [0.1, 0.15) is 11.5 Å². The number of nitrogens with zero attached hydrogens (tertiary/aromatic N) is 2. The van der Waals surface area contributed by atoms with Crippen LogP contribution >= 0.6 is 35.1 Å². The number of aliphatic imine (C=N–C) groups is 1. The number of carbonyl (C=O) groups is 1. The molecule has 1 fully saturated rings. The van der Waals surface area contributed by atoms with Gasteiger partial charge in [0, 0.05) is 29.6 Å². The summed E-state index contributed by atoms with van der Waals surface area (Å²) in [7, 11) is 0. The van der Waals surface area contributed by atoms with E-state index in [1.165, 1.54) is 11.8 Å². The van der Waals surface area contributed by atoms with Gasteiger partial charge in [-0.15, -0.1) is 0 Å². The maximum absolute atomic E-state index is 12.8. The standard InChI is InChI=1S/C23H22ClN3O3S2/c1-16-25-23(27-11-13-29-14-12-27)31-15-10-21(32-16)22(28)26-18-4-8-20(9-5-18)30-19-6-2-17(24)3-7-19/h2-10H,1,11-15H2,(H,26,28)/b21-10-,25-23-. The minimum atomic E-state index is -0.187. The van der Waals surface area contributed by atoms with Gasteiger partial charge >= 0.3 is 0 Å². The third kappa shape index (κ3) is 6.32. The van der Waals surface area contributed by atoms with Gasteiger partial charge in [0.05, 0.1) is 23.1 Å². The Balaban J connectivity index is 1.34. The van der Waals surface area contributed by atoms with Crippen molar-refractivity contribution in [3.8, 4) is 11.5 Å². The number of anilines is 1. The molecule has 4 rings (SSSR count). The van der Waals surface area contributed by atoms with Crippen LogP contribution in [0, 0.1) is 0 Å².